The van der Waals surface area contributed by atoms with Gasteiger partial charge < -0.3 is 10.0 Å². The van der Waals surface area contributed by atoms with E-state index in [1.54, 1.807) is 7.05 Å². The second-order valence-corrected chi connectivity index (χ2v) is 7.07. The van der Waals surface area contributed by atoms with Crippen LogP contribution >= 0.6 is 0 Å². The highest BCUT2D eigenvalue weighted by Crippen LogP contribution is 2.16. The first-order valence-corrected chi connectivity index (χ1v) is 7.80. The first kappa shape index (κ1) is 15.4. The number of likely N-dealkylation sites (N-methyl/N-ethyl adjacent to an activating group) is 2. The fourth-order valence-corrected chi connectivity index (χ4v) is 3.40. The molecule has 0 spiro atoms. The summed E-state index contributed by atoms with van der Waals surface area (Å²) in [4.78, 5) is 12.5. The van der Waals surface area contributed by atoms with E-state index < -0.39 is 16.0 Å². The Hall–Kier alpha value is -0.660. The van der Waals surface area contributed by atoms with Crippen molar-refractivity contribution in [1.82, 2.24) is 9.21 Å². The minimum absolute atomic E-state index is 0.0910. The van der Waals surface area contributed by atoms with E-state index in [0.29, 0.717) is 6.54 Å². The number of likely N-dealkylation sites (tertiary alicyclic amines) is 1. The predicted molar refractivity (Wildman–Crippen MR) is 68.9 cm³/mol. The van der Waals surface area contributed by atoms with E-state index in [-0.39, 0.29) is 24.6 Å². The van der Waals surface area contributed by atoms with Crippen molar-refractivity contribution in [3.8, 4) is 0 Å². The van der Waals surface area contributed by atoms with E-state index in [4.69, 9.17) is 5.11 Å². The zero-order valence-electron chi connectivity index (χ0n) is 11.0. The Morgan fingerprint density at radius 3 is 2.67 bits per heavy atom. The van der Waals surface area contributed by atoms with Crippen molar-refractivity contribution < 1.29 is 18.3 Å². The summed E-state index contributed by atoms with van der Waals surface area (Å²) in [5.41, 5.74) is 0. The maximum absolute atomic E-state index is 11.9. The topological polar surface area (TPSA) is 77.9 Å². The maximum atomic E-state index is 11.9. The number of aliphatic carboxylic acids is 1. The molecular formula is C11H22N2O4S. The Labute approximate surface area is 109 Å². The number of sulfonamides is 1. The summed E-state index contributed by atoms with van der Waals surface area (Å²) in [5.74, 6) is -1.05. The highest BCUT2D eigenvalue weighted by atomic mass is 32.2. The first-order valence-electron chi connectivity index (χ1n) is 6.19. The van der Waals surface area contributed by atoms with Crippen molar-refractivity contribution in [3.05, 3.63) is 0 Å². The van der Waals surface area contributed by atoms with Gasteiger partial charge in [-0.25, -0.2) is 12.7 Å². The van der Waals surface area contributed by atoms with Gasteiger partial charge in [0, 0.05) is 26.1 Å². The molecule has 1 aliphatic heterocycles. The Bertz CT molecular complexity index is 383. The smallest absolute Gasteiger partial charge is 0.303 e. The second-order valence-electron chi connectivity index (χ2n) is 4.87. The number of hydrogen-bond donors (Lipinski definition) is 1. The van der Waals surface area contributed by atoms with Crippen LogP contribution in [0.5, 0.6) is 0 Å². The second kappa shape index (κ2) is 6.49. The SMILES string of the molecule is CN1CCCC1CN(C)S(=O)(=O)CCCC(=O)O. The van der Waals surface area contributed by atoms with Crippen LogP contribution in [0.4, 0.5) is 0 Å². The summed E-state index contributed by atoms with van der Waals surface area (Å²) in [6.07, 6.45) is 2.19. The summed E-state index contributed by atoms with van der Waals surface area (Å²) < 4.78 is 25.2. The lowest BCUT2D eigenvalue weighted by molar-refractivity contribution is -0.137. The Morgan fingerprint density at radius 1 is 1.50 bits per heavy atom. The molecule has 0 aromatic rings. The van der Waals surface area contributed by atoms with E-state index in [2.05, 4.69) is 4.90 Å². The lowest BCUT2D eigenvalue weighted by Gasteiger charge is -2.25. The standard InChI is InChI=1S/C11H22N2O4S/c1-12-7-3-5-10(12)9-13(2)18(16,17)8-4-6-11(14)15/h10H,3-9H2,1-2H3,(H,14,15). The molecule has 7 heteroatoms. The summed E-state index contributed by atoms with van der Waals surface area (Å²) >= 11 is 0. The molecular weight excluding hydrogens is 256 g/mol. The maximum Gasteiger partial charge on any atom is 0.303 e. The van der Waals surface area contributed by atoms with Crippen LogP contribution < -0.4 is 0 Å². The van der Waals surface area contributed by atoms with Gasteiger partial charge in [-0.15, -0.1) is 0 Å². The molecule has 0 saturated carbocycles. The van der Waals surface area contributed by atoms with Crippen molar-refractivity contribution >= 4 is 16.0 Å². The van der Waals surface area contributed by atoms with Crippen LogP contribution in [-0.4, -0.2) is 67.7 Å². The summed E-state index contributed by atoms with van der Waals surface area (Å²) in [6.45, 7) is 1.50. The van der Waals surface area contributed by atoms with E-state index in [9.17, 15) is 13.2 Å². The van der Waals surface area contributed by atoms with E-state index in [1.807, 2.05) is 7.05 Å². The zero-order valence-corrected chi connectivity index (χ0v) is 11.8. The average molecular weight is 278 g/mol. The number of carboxylic acid groups (broad SMARTS) is 1. The zero-order chi connectivity index (χ0) is 13.8. The van der Waals surface area contributed by atoms with Crippen LogP contribution in [0.3, 0.4) is 0 Å². The van der Waals surface area contributed by atoms with Gasteiger partial charge in [0.05, 0.1) is 5.75 Å². The van der Waals surface area contributed by atoms with Gasteiger partial charge in [0.25, 0.3) is 0 Å². The summed E-state index contributed by atoms with van der Waals surface area (Å²) in [5, 5.41) is 8.50. The van der Waals surface area contributed by atoms with Crippen LogP contribution in [-0.2, 0) is 14.8 Å². The van der Waals surface area contributed by atoms with Crippen LogP contribution in [0.2, 0.25) is 0 Å². The van der Waals surface area contributed by atoms with Crippen LogP contribution in [0.25, 0.3) is 0 Å². The van der Waals surface area contributed by atoms with Gasteiger partial charge in [-0.2, -0.15) is 0 Å². The van der Waals surface area contributed by atoms with Gasteiger partial charge in [0.15, 0.2) is 0 Å². The van der Waals surface area contributed by atoms with Crippen molar-refractivity contribution in [2.24, 2.45) is 0 Å². The normalized spacial score (nSPS) is 21.6. The molecule has 0 radical (unpaired) electrons. The molecule has 1 aliphatic rings. The fraction of sp³-hybridized carbons (Fsp3) is 0.909. The molecule has 106 valence electrons. The minimum Gasteiger partial charge on any atom is -0.481 e. The average Bonchev–Trinajstić information content (AvgIpc) is 2.63. The minimum atomic E-state index is -3.32. The molecule has 1 atom stereocenters. The Morgan fingerprint density at radius 2 is 2.17 bits per heavy atom. The monoisotopic (exact) mass is 278 g/mol. The molecule has 1 fully saturated rings. The van der Waals surface area contributed by atoms with Crippen LogP contribution in [0.15, 0.2) is 0 Å². The van der Waals surface area contributed by atoms with E-state index in [0.717, 1.165) is 19.4 Å². The molecule has 18 heavy (non-hydrogen) atoms. The third-order valence-electron chi connectivity index (χ3n) is 3.41. The number of carbonyl (C=O) groups is 1. The van der Waals surface area contributed by atoms with E-state index >= 15 is 0 Å². The largest absolute Gasteiger partial charge is 0.481 e. The Kier molecular flexibility index (Phi) is 5.55. The van der Waals surface area contributed by atoms with Gasteiger partial charge >= 0.3 is 5.97 Å². The molecule has 0 aromatic heterocycles. The summed E-state index contributed by atoms with van der Waals surface area (Å²) in [7, 11) is 0.251. The van der Waals surface area contributed by atoms with Crippen molar-refractivity contribution in [3.63, 3.8) is 0 Å². The number of hydrogen-bond acceptors (Lipinski definition) is 4. The molecule has 0 aliphatic carbocycles. The lowest BCUT2D eigenvalue weighted by Crippen LogP contribution is -2.40. The van der Waals surface area contributed by atoms with Crippen LogP contribution in [0.1, 0.15) is 25.7 Å². The number of rotatable bonds is 7. The third-order valence-corrected chi connectivity index (χ3v) is 5.31. The highest BCUT2D eigenvalue weighted by Gasteiger charge is 2.26. The Balaban J connectivity index is 2.43. The molecule has 1 rings (SSSR count). The predicted octanol–water partition coefficient (Wildman–Crippen LogP) is 0.207. The van der Waals surface area contributed by atoms with Crippen molar-refractivity contribution in [2.75, 3.05) is 32.9 Å². The number of nitrogens with zero attached hydrogens (tertiary/aromatic N) is 2. The molecule has 1 heterocycles. The summed E-state index contributed by atoms with van der Waals surface area (Å²) in [6, 6.07) is 0.282. The van der Waals surface area contributed by atoms with Gasteiger partial charge in [0.2, 0.25) is 10.0 Å². The molecule has 0 bridgehead atoms. The van der Waals surface area contributed by atoms with Gasteiger partial charge in [-0.05, 0) is 32.9 Å². The van der Waals surface area contributed by atoms with Crippen LogP contribution in [0, 0.1) is 0 Å². The van der Waals surface area contributed by atoms with Gasteiger partial charge in [-0.3, -0.25) is 4.79 Å². The van der Waals surface area contributed by atoms with Gasteiger partial charge in [-0.1, -0.05) is 0 Å². The molecule has 6 nitrogen and oxygen atoms in total. The molecule has 1 unspecified atom stereocenters. The molecule has 1 N–H and O–H groups in total. The van der Waals surface area contributed by atoms with Crippen molar-refractivity contribution in [2.45, 2.75) is 31.7 Å². The van der Waals surface area contributed by atoms with Gasteiger partial charge in [0.1, 0.15) is 0 Å². The molecule has 0 amide bonds. The number of carboxylic acids is 1. The third kappa shape index (κ3) is 4.55. The van der Waals surface area contributed by atoms with E-state index in [1.165, 1.54) is 4.31 Å². The highest BCUT2D eigenvalue weighted by molar-refractivity contribution is 7.89. The first-order chi connectivity index (χ1) is 8.33. The quantitative estimate of drug-likeness (QED) is 0.720. The lowest BCUT2D eigenvalue weighted by atomic mass is 10.2. The molecule has 1 saturated heterocycles. The fourth-order valence-electron chi connectivity index (χ4n) is 2.18. The van der Waals surface area contributed by atoms with Crippen molar-refractivity contribution in [1.29, 1.82) is 0 Å². The molecule has 0 aromatic carbocycles.